The summed E-state index contributed by atoms with van der Waals surface area (Å²) >= 11 is 0. The first kappa shape index (κ1) is 13.3. The Morgan fingerprint density at radius 1 is 1.00 bits per heavy atom. The van der Waals surface area contributed by atoms with Crippen LogP contribution in [0, 0.1) is 11.8 Å². The molecule has 0 aromatic heterocycles. The summed E-state index contributed by atoms with van der Waals surface area (Å²) in [6.45, 7) is 0. The second-order valence-electron chi connectivity index (χ2n) is 5.94. The van der Waals surface area contributed by atoms with Gasteiger partial charge in [0.15, 0.2) is 9.84 Å². The molecule has 3 nitrogen and oxygen atoms in total. The SMILES string of the molecule is NC(CS(=O)(=O)CC1CCCC1)C1CCCC1. The Morgan fingerprint density at radius 2 is 1.53 bits per heavy atom. The van der Waals surface area contributed by atoms with Gasteiger partial charge in [-0.15, -0.1) is 0 Å². The van der Waals surface area contributed by atoms with Crippen LogP contribution in [0.3, 0.4) is 0 Å². The van der Waals surface area contributed by atoms with Gasteiger partial charge >= 0.3 is 0 Å². The van der Waals surface area contributed by atoms with Crippen molar-refractivity contribution in [3.63, 3.8) is 0 Å². The molecule has 17 heavy (non-hydrogen) atoms. The largest absolute Gasteiger partial charge is 0.327 e. The van der Waals surface area contributed by atoms with E-state index < -0.39 is 9.84 Å². The fraction of sp³-hybridized carbons (Fsp3) is 1.00. The van der Waals surface area contributed by atoms with Crippen molar-refractivity contribution in [3.8, 4) is 0 Å². The smallest absolute Gasteiger partial charge is 0.152 e. The average Bonchev–Trinajstić information content (AvgIpc) is 2.85. The fourth-order valence-electron chi connectivity index (χ4n) is 3.42. The van der Waals surface area contributed by atoms with Crippen molar-refractivity contribution >= 4 is 9.84 Å². The van der Waals surface area contributed by atoms with Gasteiger partial charge in [-0.1, -0.05) is 25.7 Å². The van der Waals surface area contributed by atoms with E-state index in [9.17, 15) is 8.42 Å². The molecule has 0 aromatic carbocycles. The quantitative estimate of drug-likeness (QED) is 0.822. The minimum absolute atomic E-state index is 0.121. The number of hydrogen-bond donors (Lipinski definition) is 1. The second-order valence-corrected chi connectivity index (χ2v) is 8.09. The summed E-state index contributed by atoms with van der Waals surface area (Å²) in [4.78, 5) is 0. The van der Waals surface area contributed by atoms with Crippen molar-refractivity contribution in [2.24, 2.45) is 17.6 Å². The third-order valence-electron chi connectivity index (χ3n) is 4.42. The first-order valence-electron chi connectivity index (χ1n) is 7.03. The van der Waals surface area contributed by atoms with Gasteiger partial charge in [-0.25, -0.2) is 8.42 Å². The first-order valence-corrected chi connectivity index (χ1v) is 8.85. The van der Waals surface area contributed by atoms with E-state index in [1.807, 2.05) is 0 Å². The molecule has 2 rings (SSSR count). The molecule has 2 saturated carbocycles. The summed E-state index contributed by atoms with van der Waals surface area (Å²) in [6.07, 6.45) is 9.29. The summed E-state index contributed by atoms with van der Waals surface area (Å²) in [5.41, 5.74) is 6.06. The molecule has 2 aliphatic rings. The zero-order valence-electron chi connectivity index (χ0n) is 10.6. The average molecular weight is 259 g/mol. The third-order valence-corrected chi connectivity index (χ3v) is 6.29. The topological polar surface area (TPSA) is 60.2 Å². The van der Waals surface area contributed by atoms with Crippen LogP contribution >= 0.6 is 0 Å². The molecule has 2 N–H and O–H groups in total. The van der Waals surface area contributed by atoms with E-state index in [4.69, 9.17) is 5.73 Å². The highest BCUT2D eigenvalue weighted by atomic mass is 32.2. The van der Waals surface area contributed by atoms with Crippen LogP contribution in [0.25, 0.3) is 0 Å². The van der Waals surface area contributed by atoms with E-state index in [1.54, 1.807) is 0 Å². The highest BCUT2D eigenvalue weighted by Crippen LogP contribution is 2.29. The maximum absolute atomic E-state index is 12.1. The lowest BCUT2D eigenvalue weighted by Gasteiger charge is -2.19. The summed E-state index contributed by atoms with van der Waals surface area (Å²) < 4.78 is 24.1. The summed E-state index contributed by atoms with van der Waals surface area (Å²) in [6, 6.07) is -0.121. The second kappa shape index (κ2) is 5.70. The molecule has 1 unspecified atom stereocenters. The molecule has 100 valence electrons. The van der Waals surface area contributed by atoms with Gasteiger partial charge in [0, 0.05) is 6.04 Å². The lowest BCUT2D eigenvalue weighted by molar-refractivity contribution is 0.453. The van der Waals surface area contributed by atoms with E-state index in [1.165, 1.54) is 25.7 Å². The highest BCUT2D eigenvalue weighted by Gasteiger charge is 2.28. The van der Waals surface area contributed by atoms with Crippen LogP contribution in [-0.4, -0.2) is 26.0 Å². The number of sulfone groups is 1. The zero-order valence-corrected chi connectivity index (χ0v) is 11.4. The van der Waals surface area contributed by atoms with Gasteiger partial charge in [-0.3, -0.25) is 0 Å². The van der Waals surface area contributed by atoms with Crippen molar-refractivity contribution in [3.05, 3.63) is 0 Å². The lowest BCUT2D eigenvalue weighted by atomic mass is 10.0. The normalized spacial score (nSPS) is 25.5. The molecular formula is C13H25NO2S. The Kier molecular flexibility index (Phi) is 4.47. The zero-order chi connectivity index (χ0) is 12.3. The maximum atomic E-state index is 12.1. The Balaban J connectivity index is 1.82. The van der Waals surface area contributed by atoms with Gasteiger partial charge in [0.1, 0.15) is 0 Å². The summed E-state index contributed by atoms with van der Waals surface area (Å²) in [5, 5.41) is 0. The highest BCUT2D eigenvalue weighted by molar-refractivity contribution is 7.91. The lowest BCUT2D eigenvalue weighted by Crippen LogP contribution is -2.37. The van der Waals surface area contributed by atoms with Gasteiger partial charge in [-0.05, 0) is 37.5 Å². The number of rotatable bonds is 5. The van der Waals surface area contributed by atoms with E-state index in [-0.39, 0.29) is 11.8 Å². The number of hydrogen-bond acceptors (Lipinski definition) is 3. The fourth-order valence-corrected chi connectivity index (χ4v) is 5.47. The molecule has 0 spiro atoms. The molecule has 0 bridgehead atoms. The van der Waals surface area contributed by atoms with E-state index in [0.717, 1.165) is 25.7 Å². The van der Waals surface area contributed by atoms with E-state index in [2.05, 4.69) is 0 Å². The van der Waals surface area contributed by atoms with Crippen molar-refractivity contribution in [1.82, 2.24) is 0 Å². The van der Waals surface area contributed by atoms with E-state index >= 15 is 0 Å². The van der Waals surface area contributed by atoms with Gasteiger partial charge < -0.3 is 5.73 Å². The van der Waals surface area contributed by atoms with Crippen molar-refractivity contribution in [2.45, 2.75) is 57.4 Å². The standard InChI is InChI=1S/C13H25NO2S/c14-13(12-7-3-4-8-12)10-17(15,16)9-11-5-1-2-6-11/h11-13H,1-10,14H2. The minimum Gasteiger partial charge on any atom is -0.327 e. The molecule has 0 radical (unpaired) electrons. The summed E-state index contributed by atoms with van der Waals surface area (Å²) in [5.74, 6) is 1.46. The minimum atomic E-state index is -2.93. The molecule has 2 fully saturated rings. The third kappa shape index (κ3) is 3.95. The van der Waals surface area contributed by atoms with Crippen molar-refractivity contribution < 1.29 is 8.42 Å². The number of nitrogens with two attached hydrogens (primary N) is 1. The van der Waals surface area contributed by atoms with Gasteiger partial charge in [0.25, 0.3) is 0 Å². The predicted molar refractivity (Wildman–Crippen MR) is 70.5 cm³/mol. The van der Waals surface area contributed by atoms with Crippen LogP contribution in [0.1, 0.15) is 51.4 Å². The van der Waals surface area contributed by atoms with Crippen LogP contribution in [0.2, 0.25) is 0 Å². The van der Waals surface area contributed by atoms with Crippen LogP contribution in [-0.2, 0) is 9.84 Å². The maximum Gasteiger partial charge on any atom is 0.152 e. The molecule has 0 saturated heterocycles. The van der Waals surface area contributed by atoms with Gasteiger partial charge in [0.05, 0.1) is 11.5 Å². The van der Waals surface area contributed by atoms with Crippen LogP contribution in [0.15, 0.2) is 0 Å². The van der Waals surface area contributed by atoms with Gasteiger partial charge in [-0.2, -0.15) is 0 Å². The first-order chi connectivity index (χ1) is 8.07. The Hall–Kier alpha value is -0.0900. The van der Waals surface area contributed by atoms with Crippen molar-refractivity contribution in [2.75, 3.05) is 11.5 Å². The van der Waals surface area contributed by atoms with Gasteiger partial charge in [0.2, 0.25) is 0 Å². The molecular weight excluding hydrogens is 234 g/mol. The Labute approximate surface area is 105 Å². The van der Waals surface area contributed by atoms with E-state index in [0.29, 0.717) is 17.6 Å². The van der Waals surface area contributed by atoms with Crippen LogP contribution in [0.4, 0.5) is 0 Å². The molecule has 0 aliphatic heterocycles. The molecule has 4 heteroatoms. The predicted octanol–water partition coefficient (Wildman–Crippen LogP) is 2.11. The Morgan fingerprint density at radius 3 is 2.12 bits per heavy atom. The summed E-state index contributed by atoms with van der Waals surface area (Å²) in [7, 11) is -2.93. The molecule has 2 aliphatic carbocycles. The molecule has 0 heterocycles. The molecule has 0 amide bonds. The molecule has 0 aromatic rings. The monoisotopic (exact) mass is 259 g/mol. The van der Waals surface area contributed by atoms with Crippen LogP contribution in [0.5, 0.6) is 0 Å². The van der Waals surface area contributed by atoms with Crippen LogP contribution < -0.4 is 5.73 Å². The Bertz CT molecular complexity index is 327. The van der Waals surface area contributed by atoms with Crippen molar-refractivity contribution in [1.29, 1.82) is 0 Å². The molecule has 1 atom stereocenters.